The molecule has 142 valence electrons. The van der Waals surface area contributed by atoms with Gasteiger partial charge < -0.3 is 0 Å². The third-order valence-corrected chi connectivity index (χ3v) is 5.72. The minimum atomic E-state index is -0.986. The van der Waals surface area contributed by atoms with Crippen LogP contribution in [0.5, 0.6) is 0 Å². The van der Waals surface area contributed by atoms with Crippen LogP contribution in [0, 0.1) is 12.8 Å². The fourth-order valence-electron chi connectivity index (χ4n) is 3.62. The number of fused-ring (bicyclic) bond motifs is 1. The Morgan fingerprint density at radius 1 is 0.964 bits per heavy atom. The number of amides is 2. The molecule has 0 bridgehead atoms. The molecule has 4 rings (SSSR count). The SMILES string of the molecule is CC(=O)C1=NN(c2ccccc2Cl)[C@@H]2C(=O)N(c3cccc(Cl)c3C)C(=O)[C@@H]12. The molecule has 2 aliphatic heterocycles. The maximum absolute atomic E-state index is 13.3. The number of rotatable bonds is 3. The first kappa shape index (κ1) is 18.7. The van der Waals surface area contributed by atoms with Gasteiger partial charge in [0.15, 0.2) is 5.78 Å². The van der Waals surface area contributed by atoms with Crippen molar-refractivity contribution < 1.29 is 14.4 Å². The molecule has 1 fully saturated rings. The molecule has 0 aromatic heterocycles. The van der Waals surface area contributed by atoms with E-state index in [2.05, 4.69) is 5.10 Å². The fourth-order valence-corrected chi connectivity index (χ4v) is 4.01. The largest absolute Gasteiger partial charge is 0.293 e. The lowest BCUT2D eigenvalue weighted by atomic mass is 9.95. The number of halogens is 2. The number of Topliss-reactive ketones (excluding diaryl/α,β-unsaturated/α-hetero) is 1. The lowest BCUT2D eigenvalue weighted by Crippen LogP contribution is -2.39. The Bertz CT molecular complexity index is 1070. The van der Waals surface area contributed by atoms with Gasteiger partial charge in [0.05, 0.1) is 16.4 Å². The number of imide groups is 1. The predicted octanol–water partition coefficient (Wildman–Crippen LogP) is 3.63. The normalized spacial score (nSPS) is 21.2. The highest BCUT2D eigenvalue weighted by Crippen LogP contribution is 2.41. The van der Waals surface area contributed by atoms with E-state index in [0.29, 0.717) is 27.0 Å². The molecule has 6 nitrogen and oxygen atoms in total. The predicted molar refractivity (Wildman–Crippen MR) is 108 cm³/mol. The van der Waals surface area contributed by atoms with Gasteiger partial charge in [-0.2, -0.15) is 5.10 Å². The Morgan fingerprint density at radius 3 is 2.29 bits per heavy atom. The molecular formula is C20H15Cl2N3O3. The van der Waals surface area contributed by atoms with Crippen LogP contribution < -0.4 is 9.91 Å². The van der Waals surface area contributed by atoms with Gasteiger partial charge in [-0.25, -0.2) is 9.91 Å². The number of benzene rings is 2. The number of carbonyl (C=O) groups is 3. The van der Waals surface area contributed by atoms with E-state index in [-0.39, 0.29) is 11.5 Å². The van der Waals surface area contributed by atoms with Crippen LogP contribution in [0.4, 0.5) is 11.4 Å². The molecule has 28 heavy (non-hydrogen) atoms. The van der Waals surface area contributed by atoms with Gasteiger partial charge in [0, 0.05) is 11.9 Å². The second-order valence-corrected chi connectivity index (χ2v) is 7.47. The van der Waals surface area contributed by atoms with Crippen molar-refractivity contribution in [1.29, 1.82) is 0 Å². The number of hydrazone groups is 1. The molecule has 0 saturated carbocycles. The van der Waals surface area contributed by atoms with Gasteiger partial charge in [0.1, 0.15) is 17.7 Å². The Labute approximate surface area is 171 Å². The number of carbonyl (C=O) groups excluding carboxylic acids is 3. The maximum atomic E-state index is 13.3. The highest BCUT2D eigenvalue weighted by Gasteiger charge is 2.58. The summed E-state index contributed by atoms with van der Waals surface area (Å²) in [5, 5.41) is 6.48. The second kappa shape index (κ2) is 6.72. The second-order valence-electron chi connectivity index (χ2n) is 6.66. The van der Waals surface area contributed by atoms with Crippen molar-refractivity contribution in [2.24, 2.45) is 11.0 Å². The van der Waals surface area contributed by atoms with Crippen LogP contribution in [0.15, 0.2) is 47.6 Å². The van der Waals surface area contributed by atoms with Crippen molar-refractivity contribution in [1.82, 2.24) is 0 Å². The van der Waals surface area contributed by atoms with Crippen molar-refractivity contribution >= 4 is 57.9 Å². The first-order valence-electron chi connectivity index (χ1n) is 8.59. The number of hydrogen-bond acceptors (Lipinski definition) is 5. The van der Waals surface area contributed by atoms with E-state index in [1.807, 2.05) is 0 Å². The molecule has 0 radical (unpaired) electrons. The number of para-hydroxylation sites is 1. The molecule has 2 atom stereocenters. The molecule has 0 spiro atoms. The van der Waals surface area contributed by atoms with E-state index in [0.717, 1.165) is 4.90 Å². The van der Waals surface area contributed by atoms with E-state index >= 15 is 0 Å². The highest BCUT2D eigenvalue weighted by molar-refractivity contribution is 6.49. The number of anilines is 2. The summed E-state index contributed by atoms with van der Waals surface area (Å²) >= 11 is 12.5. The zero-order valence-electron chi connectivity index (χ0n) is 15.0. The first-order valence-corrected chi connectivity index (χ1v) is 9.34. The molecule has 0 N–H and O–H groups in total. The van der Waals surface area contributed by atoms with Crippen LogP contribution in [-0.4, -0.2) is 29.4 Å². The van der Waals surface area contributed by atoms with Gasteiger partial charge in [-0.05, 0) is 36.8 Å². The molecule has 8 heteroatoms. The van der Waals surface area contributed by atoms with Gasteiger partial charge in [-0.15, -0.1) is 0 Å². The van der Waals surface area contributed by atoms with Gasteiger partial charge in [0.2, 0.25) is 5.91 Å². The molecule has 2 aliphatic rings. The van der Waals surface area contributed by atoms with Gasteiger partial charge >= 0.3 is 0 Å². The van der Waals surface area contributed by atoms with Crippen LogP contribution in [0.2, 0.25) is 10.0 Å². The third kappa shape index (κ3) is 2.64. The van der Waals surface area contributed by atoms with E-state index < -0.39 is 23.8 Å². The van der Waals surface area contributed by atoms with Crippen LogP contribution in [0.3, 0.4) is 0 Å². The maximum Gasteiger partial charge on any atom is 0.259 e. The Balaban J connectivity index is 1.86. The molecule has 0 aliphatic carbocycles. The number of ketones is 1. The summed E-state index contributed by atoms with van der Waals surface area (Å²) in [6, 6.07) is 10.9. The molecule has 1 saturated heterocycles. The quantitative estimate of drug-likeness (QED) is 0.717. The third-order valence-electron chi connectivity index (χ3n) is 4.99. The van der Waals surface area contributed by atoms with E-state index in [9.17, 15) is 14.4 Å². The molecule has 2 aromatic rings. The summed E-state index contributed by atoms with van der Waals surface area (Å²) in [6.45, 7) is 3.06. The van der Waals surface area contributed by atoms with Crippen molar-refractivity contribution in [2.75, 3.05) is 9.91 Å². The minimum absolute atomic E-state index is 0.0467. The summed E-state index contributed by atoms with van der Waals surface area (Å²) in [7, 11) is 0. The first-order chi connectivity index (χ1) is 13.3. The zero-order valence-corrected chi connectivity index (χ0v) is 16.5. The van der Waals surface area contributed by atoms with Crippen LogP contribution in [-0.2, 0) is 14.4 Å². The lowest BCUT2D eigenvalue weighted by molar-refractivity contribution is -0.122. The number of nitrogens with zero attached hydrogens (tertiary/aromatic N) is 3. The molecule has 0 unspecified atom stereocenters. The van der Waals surface area contributed by atoms with E-state index in [1.165, 1.54) is 11.9 Å². The molecule has 2 aromatic carbocycles. The van der Waals surface area contributed by atoms with Gasteiger partial charge in [-0.1, -0.05) is 41.4 Å². The summed E-state index contributed by atoms with van der Waals surface area (Å²) in [6.07, 6.45) is 0. The summed E-state index contributed by atoms with van der Waals surface area (Å²) in [4.78, 5) is 39.8. The Hall–Kier alpha value is -2.70. The Morgan fingerprint density at radius 2 is 1.61 bits per heavy atom. The topological polar surface area (TPSA) is 70.1 Å². The van der Waals surface area contributed by atoms with Crippen LogP contribution in [0.1, 0.15) is 12.5 Å². The minimum Gasteiger partial charge on any atom is -0.293 e. The van der Waals surface area contributed by atoms with Crippen molar-refractivity contribution in [3.8, 4) is 0 Å². The van der Waals surface area contributed by atoms with Crippen molar-refractivity contribution in [3.05, 3.63) is 58.1 Å². The average Bonchev–Trinajstić information content (AvgIpc) is 3.16. The van der Waals surface area contributed by atoms with Crippen LogP contribution >= 0.6 is 23.2 Å². The smallest absolute Gasteiger partial charge is 0.259 e. The van der Waals surface area contributed by atoms with Crippen molar-refractivity contribution in [3.63, 3.8) is 0 Å². The van der Waals surface area contributed by atoms with Crippen LogP contribution in [0.25, 0.3) is 0 Å². The van der Waals surface area contributed by atoms with E-state index in [4.69, 9.17) is 23.2 Å². The number of hydrogen-bond donors (Lipinski definition) is 0. The molecule has 2 heterocycles. The summed E-state index contributed by atoms with van der Waals surface area (Å²) in [5.41, 5.74) is 1.52. The zero-order chi connectivity index (χ0) is 20.2. The summed E-state index contributed by atoms with van der Waals surface area (Å²) < 4.78 is 0. The fraction of sp³-hybridized carbons (Fsp3) is 0.200. The monoisotopic (exact) mass is 415 g/mol. The van der Waals surface area contributed by atoms with Gasteiger partial charge in [0.25, 0.3) is 5.91 Å². The van der Waals surface area contributed by atoms with Crippen molar-refractivity contribution in [2.45, 2.75) is 19.9 Å². The standard InChI is InChI=1S/C20H15Cl2N3O3/c1-10-12(21)7-5-9-14(10)24-19(27)16-17(11(2)26)23-25(18(16)20(24)28)15-8-4-3-6-13(15)22/h3-9,16,18H,1-2H3/t16-,18-/m0/s1. The average molecular weight is 416 g/mol. The van der Waals surface area contributed by atoms with E-state index in [1.54, 1.807) is 49.4 Å². The molecular weight excluding hydrogens is 401 g/mol. The van der Waals surface area contributed by atoms with Gasteiger partial charge in [-0.3, -0.25) is 14.4 Å². The lowest BCUT2D eigenvalue weighted by Gasteiger charge is -2.23. The molecule has 2 amide bonds. The summed E-state index contributed by atoms with van der Waals surface area (Å²) in [5.74, 6) is -2.32. The highest BCUT2D eigenvalue weighted by atomic mass is 35.5. The Kier molecular flexibility index (Phi) is 4.48.